The van der Waals surface area contributed by atoms with E-state index in [0.29, 0.717) is 19.4 Å². The van der Waals surface area contributed by atoms with Crippen molar-refractivity contribution in [3.05, 3.63) is 91.0 Å². The van der Waals surface area contributed by atoms with E-state index in [1.807, 2.05) is 0 Å². The summed E-state index contributed by atoms with van der Waals surface area (Å²) in [5.74, 6) is 0.132. The second-order valence-electron chi connectivity index (χ2n) is 7.80. The molecule has 1 N–H and O–H groups in total. The second kappa shape index (κ2) is 11.6. The second-order valence-corrected chi connectivity index (χ2v) is 11.4. The van der Waals surface area contributed by atoms with Crippen LogP contribution in [-0.4, -0.2) is 24.4 Å². The summed E-state index contributed by atoms with van der Waals surface area (Å²) in [7, 11) is -1.82. The highest BCUT2D eigenvalue weighted by Gasteiger charge is 2.44. The molecular formula is C27H31NO2P+. The molecule has 0 aliphatic rings. The predicted molar refractivity (Wildman–Crippen MR) is 132 cm³/mol. The van der Waals surface area contributed by atoms with Crippen molar-refractivity contribution in [3.63, 3.8) is 0 Å². The summed E-state index contributed by atoms with van der Waals surface area (Å²) in [6.45, 7) is 1.98. The zero-order valence-electron chi connectivity index (χ0n) is 18.2. The Hall–Kier alpha value is -2.77. The van der Waals surface area contributed by atoms with Gasteiger partial charge in [0.05, 0.1) is 6.16 Å². The fourth-order valence-electron chi connectivity index (χ4n) is 3.98. The van der Waals surface area contributed by atoms with Gasteiger partial charge in [-0.05, 0) is 56.2 Å². The highest BCUT2D eigenvalue weighted by atomic mass is 31.2. The van der Waals surface area contributed by atoms with Crippen molar-refractivity contribution < 1.29 is 9.59 Å². The van der Waals surface area contributed by atoms with Crippen LogP contribution >= 0.6 is 7.26 Å². The average molecular weight is 433 g/mol. The Bertz CT molecular complexity index is 862. The molecule has 0 saturated carbocycles. The van der Waals surface area contributed by atoms with Crippen LogP contribution in [0, 0.1) is 0 Å². The highest BCUT2D eigenvalue weighted by molar-refractivity contribution is 7.95. The molecule has 0 saturated heterocycles. The van der Waals surface area contributed by atoms with E-state index in [-0.39, 0.29) is 11.7 Å². The van der Waals surface area contributed by atoms with Crippen LogP contribution in [0.5, 0.6) is 0 Å². The fraction of sp³-hybridized carbons (Fsp3) is 0.259. The van der Waals surface area contributed by atoms with Crippen molar-refractivity contribution in [2.75, 3.05) is 12.7 Å². The lowest BCUT2D eigenvalue weighted by Gasteiger charge is -2.27. The van der Waals surface area contributed by atoms with Crippen molar-refractivity contribution in [3.8, 4) is 0 Å². The topological polar surface area (TPSA) is 46.2 Å². The molecule has 0 unspecified atom stereocenters. The molecule has 3 rings (SSSR count). The number of carbonyl (C=O) groups is 2. The molecule has 1 amide bonds. The first-order valence-corrected chi connectivity index (χ1v) is 12.9. The largest absolute Gasteiger partial charge is 0.356 e. The van der Waals surface area contributed by atoms with Crippen LogP contribution in [0.2, 0.25) is 0 Å². The molecule has 160 valence electrons. The summed E-state index contributed by atoms with van der Waals surface area (Å²) in [4.78, 5) is 23.2. The van der Waals surface area contributed by atoms with Gasteiger partial charge >= 0.3 is 0 Å². The van der Waals surface area contributed by atoms with Gasteiger partial charge in [0.2, 0.25) is 5.91 Å². The van der Waals surface area contributed by atoms with Gasteiger partial charge in [-0.15, -0.1) is 0 Å². The molecule has 3 aromatic carbocycles. The van der Waals surface area contributed by atoms with Crippen LogP contribution in [0.4, 0.5) is 0 Å². The number of nitrogens with one attached hydrogen (secondary N) is 1. The van der Waals surface area contributed by atoms with Crippen molar-refractivity contribution >= 4 is 34.9 Å². The number of carbonyl (C=O) groups excluding carboxylic acids is 2. The molecule has 3 aromatic rings. The van der Waals surface area contributed by atoms with E-state index in [2.05, 4.69) is 96.3 Å². The molecule has 0 spiro atoms. The van der Waals surface area contributed by atoms with E-state index in [1.165, 1.54) is 15.9 Å². The maximum absolute atomic E-state index is 12.1. The molecular weight excluding hydrogens is 401 g/mol. The SMILES string of the molecule is CC(=O)CCNC(=O)CCCC[P+](c1ccccc1)(c1ccccc1)c1ccccc1. The summed E-state index contributed by atoms with van der Waals surface area (Å²) in [6, 6.07) is 32.5. The van der Waals surface area contributed by atoms with Crippen LogP contribution in [0.15, 0.2) is 91.0 Å². The number of unbranched alkanes of at least 4 members (excludes halogenated alkanes) is 1. The maximum atomic E-state index is 12.1. The maximum Gasteiger partial charge on any atom is 0.220 e. The molecule has 0 bridgehead atoms. The standard InChI is InChI=1S/C27H30NO2P/c1-23(29)20-21-28-27(30)19-11-12-22-31(24-13-5-2-6-14-24,25-15-7-3-8-16-25)26-17-9-4-10-18-26/h2-10,13-18H,11-12,19-22H2,1H3/p+1. The lowest BCUT2D eigenvalue weighted by Crippen LogP contribution is -2.33. The van der Waals surface area contributed by atoms with Crippen LogP contribution < -0.4 is 21.2 Å². The van der Waals surface area contributed by atoms with Crippen LogP contribution in [0.25, 0.3) is 0 Å². The lowest BCUT2D eigenvalue weighted by molar-refractivity contribution is -0.121. The van der Waals surface area contributed by atoms with Crippen LogP contribution in [-0.2, 0) is 9.59 Å². The molecule has 0 radical (unpaired) electrons. The molecule has 31 heavy (non-hydrogen) atoms. The zero-order chi connectivity index (χ0) is 21.9. The summed E-state index contributed by atoms with van der Waals surface area (Å²) in [6.07, 6.45) is 3.71. The highest BCUT2D eigenvalue weighted by Crippen LogP contribution is 2.55. The molecule has 0 atom stereocenters. The summed E-state index contributed by atoms with van der Waals surface area (Å²) >= 11 is 0. The molecule has 0 aliphatic carbocycles. The van der Waals surface area contributed by atoms with Gasteiger partial charge in [-0.25, -0.2) is 0 Å². The Morgan fingerprint density at radius 1 is 0.677 bits per heavy atom. The van der Waals surface area contributed by atoms with E-state index in [9.17, 15) is 9.59 Å². The van der Waals surface area contributed by atoms with E-state index in [0.717, 1.165) is 19.0 Å². The summed E-state index contributed by atoms with van der Waals surface area (Å²) < 4.78 is 0. The van der Waals surface area contributed by atoms with Crippen molar-refractivity contribution in [1.82, 2.24) is 5.32 Å². The molecule has 4 heteroatoms. The quantitative estimate of drug-likeness (QED) is 0.364. The van der Waals surface area contributed by atoms with E-state index in [4.69, 9.17) is 0 Å². The number of ketones is 1. The first-order valence-electron chi connectivity index (χ1n) is 10.9. The molecule has 0 aliphatic heterocycles. The first-order chi connectivity index (χ1) is 15.1. The number of rotatable bonds is 11. The van der Waals surface area contributed by atoms with E-state index < -0.39 is 7.26 Å². The van der Waals surface area contributed by atoms with E-state index >= 15 is 0 Å². The number of benzene rings is 3. The monoisotopic (exact) mass is 432 g/mol. The van der Waals surface area contributed by atoms with Gasteiger partial charge < -0.3 is 5.32 Å². The number of hydrogen-bond acceptors (Lipinski definition) is 2. The van der Waals surface area contributed by atoms with Gasteiger partial charge in [0.25, 0.3) is 0 Å². The Balaban J connectivity index is 1.82. The number of Topliss-reactive ketones (excluding diaryl/α,β-unsaturated/α-hetero) is 1. The normalized spacial score (nSPS) is 11.1. The minimum atomic E-state index is -1.82. The minimum Gasteiger partial charge on any atom is -0.356 e. The third-order valence-electron chi connectivity index (χ3n) is 5.54. The number of amides is 1. The smallest absolute Gasteiger partial charge is 0.220 e. The first kappa shape index (κ1) is 22.9. The van der Waals surface area contributed by atoms with Gasteiger partial charge in [-0.3, -0.25) is 9.59 Å². The number of hydrogen-bond donors (Lipinski definition) is 1. The minimum absolute atomic E-state index is 0.0318. The van der Waals surface area contributed by atoms with Gasteiger partial charge in [0, 0.05) is 19.4 Å². The Morgan fingerprint density at radius 2 is 1.13 bits per heavy atom. The third-order valence-corrected chi connectivity index (χ3v) is 10.1. The molecule has 0 fully saturated rings. The van der Waals surface area contributed by atoms with Gasteiger partial charge in [0.15, 0.2) is 0 Å². The predicted octanol–water partition coefficient (Wildman–Crippen LogP) is 4.25. The Kier molecular flexibility index (Phi) is 8.55. The average Bonchev–Trinajstić information content (AvgIpc) is 2.81. The molecule has 0 heterocycles. The summed E-state index contributed by atoms with van der Waals surface area (Å²) in [5.41, 5.74) is 0. The van der Waals surface area contributed by atoms with Gasteiger partial charge in [0.1, 0.15) is 29.0 Å². The molecule has 3 nitrogen and oxygen atoms in total. The van der Waals surface area contributed by atoms with Gasteiger partial charge in [-0.2, -0.15) is 0 Å². The van der Waals surface area contributed by atoms with Crippen molar-refractivity contribution in [1.29, 1.82) is 0 Å². The fourth-order valence-corrected chi connectivity index (χ4v) is 8.39. The van der Waals surface area contributed by atoms with E-state index in [1.54, 1.807) is 6.92 Å². The third kappa shape index (κ3) is 6.12. The van der Waals surface area contributed by atoms with Crippen molar-refractivity contribution in [2.45, 2.75) is 32.6 Å². The van der Waals surface area contributed by atoms with Crippen LogP contribution in [0.3, 0.4) is 0 Å². The Morgan fingerprint density at radius 3 is 1.55 bits per heavy atom. The zero-order valence-corrected chi connectivity index (χ0v) is 19.1. The Labute approximate surface area is 186 Å². The van der Waals surface area contributed by atoms with Crippen LogP contribution in [0.1, 0.15) is 32.6 Å². The summed E-state index contributed by atoms with van der Waals surface area (Å²) in [5, 5.41) is 6.98. The molecule has 0 aromatic heterocycles. The van der Waals surface area contributed by atoms with Gasteiger partial charge in [-0.1, -0.05) is 54.6 Å². The van der Waals surface area contributed by atoms with Crippen molar-refractivity contribution in [2.24, 2.45) is 0 Å². The lowest BCUT2D eigenvalue weighted by atomic mass is 10.2.